The van der Waals surface area contributed by atoms with Gasteiger partial charge in [0.05, 0.1) is 68.0 Å². The van der Waals surface area contributed by atoms with E-state index >= 15 is 0 Å². The Balaban J connectivity index is -0.000000332. The van der Waals surface area contributed by atoms with Crippen LogP contribution in [0, 0.1) is 0 Å². The number of alkyl halides is 2. The minimum atomic E-state index is -3.53. The van der Waals surface area contributed by atoms with Crippen molar-refractivity contribution < 1.29 is 63.7 Å². The van der Waals surface area contributed by atoms with Crippen LogP contribution in [0.25, 0.3) is 0 Å². The van der Waals surface area contributed by atoms with E-state index in [0.717, 1.165) is 12.8 Å². The van der Waals surface area contributed by atoms with E-state index in [1.54, 1.807) is 80.8 Å². The summed E-state index contributed by atoms with van der Waals surface area (Å²) in [4.78, 5) is 0. The number of hydrogen-bond acceptors (Lipinski definition) is 15. The highest BCUT2D eigenvalue weighted by molar-refractivity contribution is 7.86. The molecule has 0 aromatic heterocycles. The summed E-state index contributed by atoms with van der Waals surface area (Å²) >= 11 is 9.53. The van der Waals surface area contributed by atoms with Crippen molar-refractivity contribution in [3.05, 3.63) is 0 Å². The first-order valence-corrected chi connectivity index (χ1v) is 25.9. The molecule has 1 aliphatic rings. The number of aliphatic hydroxyl groups is 2. The van der Waals surface area contributed by atoms with Crippen LogP contribution < -0.4 is 15.9 Å². The maximum absolute atomic E-state index is 12.4. The molecule has 1 rings (SSSR count). The molecule has 0 radical (unpaired) electrons. The van der Waals surface area contributed by atoms with Gasteiger partial charge in [0.2, 0.25) is 0 Å². The van der Waals surface area contributed by atoms with Crippen molar-refractivity contribution in [2.75, 3.05) is 38.0 Å². The SMILES string of the molecule is CC(C)OP(=O)(N[C@H](C)CO)OC(C)C.CC(C)OP(=O)(N[C@H](C)COS(C)(=O)=O)OC(C)C.CC(C)OP(=O)(OC(C)C)N1C[C@H]1C.C[C@@H](N)CO.ClCCl. The van der Waals surface area contributed by atoms with E-state index < -0.39 is 39.4 Å². The molecule has 1 heterocycles. The van der Waals surface area contributed by atoms with Crippen molar-refractivity contribution in [2.24, 2.45) is 5.73 Å². The highest BCUT2D eigenvalue weighted by atomic mass is 35.5. The van der Waals surface area contributed by atoms with Crippen molar-refractivity contribution in [1.82, 2.24) is 14.8 Å². The minimum Gasteiger partial charge on any atom is -0.395 e. The maximum atomic E-state index is 12.4. The summed E-state index contributed by atoms with van der Waals surface area (Å²) in [7, 11) is -13.4. The van der Waals surface area contributed by atoms with Crippen LogP contribution in [0.2, 0.25) is 0 Å². The predicted molar refractivity (Wildman–Crippen MR) is 227 cm³/mol. The zero-order valence-electron chi connectivity index (χ0n) is 36.6. The summed E-state index contributed by atoms with van der Waals surface area (Å²) < 4.78 is 96.8. The quantitative estimate of drug-likeness (QED) is 0.0312. The van der Waals surface area contributed by atoms with Gasteiger partial charge in [-0.1, -0.05) is 0 Å². The van der Waals surface area contributed by atoms with Crippen LogP contribution in [0.15, 0.2) is 0 Å². The number of nitrogens with one attached hydrogen (secondary N) is 2. The maximum Gasteiger partial charge on any atom is 0.409 e. The van der Waals surface area contributed by atoms with Gasteiger partial charge in [0.1, 0.15) is 0 Å². The number of rotatable bonds is 22. The standard InChI is InChI=1S/C10H24NO6PS.C9H22NO4P.C9H20NO3P.C3H9NO.CH2Cl2/c1-8(2)16-18(12,17-9(3)4)11-10(5)7-15-19(6,13)14;1-7(2)13-15(12,14-8(3)4)10-9(5)6-11;1-7(2)12-14(11,13-8(3)4)10-6-9(10)5;1-3(4)2-5;2-1-3/h8-10H,7H2,1-6H3,(H,11,12);7-9,11H,6H2,1-5H3,(H,10,12);7-9H,6H2,1-5H3;3,5H,2,4H2,1H3;1H2/t10-;9-;9-,10?;3-;/m1111./s1. The number of hydrogen-bond donors (Lipinski definition) is 5. The summed E-state index contributed by atoms with van der Waals surface area (Å²) in [5.41, 5.74) is 5.04. The van der Waals surface area contributed by atoms with Gasteiger partial charge in [-0.3, -0.25) is 31.3 Å². The Kier molecular flexibility index (Phi) is 36.7. The molecule has 1 fully saturated rings. The lowest BCUT2D eigenvalue weighted by molar-refractivity contribution is 0.123. The second-order valence-corrected chi connectivity index (χ2v) is 22.0. The van der Waals surface area contributed by atoms with Crippen LogP contribution in [0.1, 0.15) is 111 Å². The molecule has 0 amide bonds. The van der Waals surface area contributed by atoms with Crippen LogP contribution in [0.5, 0.6) is 0 Å². The lowest BCUT2D eigenvalue weighted by atomic mass is 10.4. The Hall–Kier alpha value is 0.700. The molecule has 0 aliphatic carbocycles. The largest absolute Gasteiger partial charge is 0.409 e. The van der Waals surface area contributed by atoms with E-state index in [9.17, 15) is 22.1 Å². The summed E-state index contributed by atoms with van der Waals surface area (Å²) in [6, 6.07) is -0.570. The Bertz CT molecular complexity index is 1200. The van der Waals surface area contributed by atoms with E-state index in [1.807, 2.05) is 34.6 Å². The zero-order chi connectivity index (χ0) is 45.3. The summed E-state index contributed by atoms with van der Waals surface area (Å²) in [5, 5.41) is 22.4. The summed E-state index contributed by atoms with van der Waals surface area (Å²) in [5.74, 6) is 0. The van der Waals surface area contributed by atoms with Gasteiger partial charge in [-0.25, -0.2) is 28.5 Å². The first-order valence-electron chi connectivity index (χ1n) is 18.4. The molecule has 0 bridgehead atoms. The number of halogens is 2. The van der Waals surface area contributed by atoms with Crippen molar-refractivity contribution in [2.45, 2.75) is 172 Å². The molecule has 0 aromatic rings. The molecule has 0 aromatic carbocycles. The fraction of sp³-hybridized carbons (Fsp3) is 1.00. The normalized spacial score (nSPS) is 17.6. The molecule has 0 saturated carbocycles. The number of nitrogens with zero attached hydrogens (tertiary/aromatic N) is 1. The summed E-state index contributed by atoms with van der Waals surface area (Å²) in [6.45, 7) is 29.2. The second-order valence-electron chi connectivity index (χ2n) is 14.4. The second kappa shape index (κ2) is 32.4. The van der Waals surface area contributed by atoms with Crippen molar-refractivity contribution in [1.29, 1.82) is 0 Å². The molecule has 0 spiro atoms. The van der Waals surface area contributed by atoms with Crippen molar-refractivity contribution in [3.8, 4) is 0 Å². The lowest BCUT2D eigenvalue weighted by Crippen LogP contribution is -2.32. The van der Waals surface area contributed by atoms with Gasteiger partial charge in [-0.05, 0) is 111 Å². The first-order chi connectivity index (χ1) is 25.3. The molecule has 1 unspecified atom stereocenters. The van der Waals surface area contributed by atoms with E-state index in [1.165, 1.54) is 0 Å². The molecule has 18 nitrogen and oxygen atoms in total. The molecule has 5 atom stereocenters. The third kappa shape index (κ3) is 40.1. The first kappa shape index (κ1) is 63.3. The lowest BCUT2D eigenvalue weighted by Gasteiger charge is -2.25. The van der Waals surface area contributed by atoms with E-state index in [2.05, 4.69) is 14.4 Å². The molecule has 344 valence electrons. The zero-order valence-corrected chi connectivity index (χ0v) is 41.6. The molecule has 56 heavy (non-hydrogen) atoms. The molecule has 1 saturated heterocycles. The van der Waals surface area contributed by atoms with Crippen molar-refractivity contribution in [3.63, 3.8) is 0 Å². The average Bonchev–Trinajstić information content (AvgIpc) is 3.71. The number of aliphatic hydroxyl groups excluding tert-OH is 2. The Labute approximate surface area is 349 Å². The van der Waals surface area contributed by atoms with Crippen LogP contribution >= 0.6 is 46.4 Å². The predicted octanol–water partition coefficient (Wildman–Crippen LogP) is 7.21. The van der Waals surface area contributed by atoms with Gasteiger partial charge >= 0.3 is 23.2 Å². The smallest absolute Gasteiger partial charge is 0.395 e. The van der Waals surface area contributed by atoms with E-state index in [0.29, 0.717) is 6.04 Å². The average molecular weight is 938 g/mol. The van der Waals surface area contributed by atoms with Crippen molar-refractivity contribution >= 4 is 56.6 Å². The van der Waals surface area contributed by atoms with Gasteiger partial charge in [0, 0.05) is 30.7 Å². The molecular formula is C32H77Cl2N4O14P3S. The van der Waals surface area contributed by atoms with Crippen LogP contribution in [-0.4, -0.2) is 122 Å². The third-order valence-electron chi connectivity index (χ3n) is 5.08. The fourth-order valence-electron chi connectivity index (χ4n) is 3.37. The minimum absolute atomic E-state index is 0.0602. The van der Waals surface area contributed by atoms with E-state index in [4.69, 9.17) is 66.3 Å². The highest BCUT2D eigenvalue weighted by Crippen LogP contribution is 2.59. The third-order valence-corrected chi connectivity index (χ3v) is 12.5. The highest BCUT2D eigenvalue weighted by Gasteiger charge is 2.48. The van der Waals surface area contributed by atoms with Crippen LogP contribution in [-0.2, 0) is 55.1 Å². The van der Waals surface area contributed by atoms with Crippen LogP contribution in [0.4, 0.5) is 0 Å². The molecule has 6 N–H and O–H groups in total. The Morgan fingerprint density at radius 2 is 0.929 bits per heavy atom. The molecular weight excluding hydrogens is 860 g/mol. The van der Waals surface area contributed by atoms with Gasteiger partial charge in [-0.2, -0.15) is 8.42 Å². The van der Waals surface area contributed by atoms with Crippen LogP contribution in [0.3, 0.4) is 0 Å². The molecule has 24 heteroatoms. The summed E-state index contributed by atoms with van der Waals surface area (Å²) in [6.07, 6.45) is -0.185. The Morgan fingerprint density at radius 3 is 1.12 bits per heavy atom. The number of nitrogens with two attached hydrogens (primary N) is 1. The monoisotopic (exact) mass is 936 g/mol. The fourth-order valence-corrected chi connectivity index (χ4v) is 9.90. The van der Waals surface area contributed by atoms with Gasteiger partial charge < -0.3 is 15.9 Å². The topological polar surface area (TPSA) is 244 Å². The van der Waals surface area contributed by atoms with E-state index in [-0.39, 0.29) is 73.9 Å². The Morgan fingerprint density at radius 1 is 0.661 bits per heavy atom. The van der Waals surface area contributed by atoms with Gasteiger partial charge in [0.25, 0.3) is 10.1 Å². The van der Waals surface area contributed by atoms with Gasteiger partial charge in [-0.15, -0.1) is 23.2 Å². The van der Waals surface area contributed by atoms with Gasteiger partial charge in [0.15, 0.2) is 0 Å². The molecule has 1 aliphatic heterocycles.